The summed E-state index contributed by atoms with van der Waals surface area (Å²) in [6.45, 7) is 9.96. The van der Waals surface area contributed by atoms with Gasteiger partial charge in [0.1, 0.15) is 0 Å². The molecular weight excluding hydrogens is 306 g/mol. The lowest BCUT2D eigenvalue weighted by Crippen LogP contribution is -2.46. The van der Waals surface area contributed by atoms with Gasteiger partial charge in [-0.25, -0.2) is 4.98 Å². The topological polar surface area (TPSA) is 36.4 Å². The molecule has 0 unspecified atom stereocenters. The van der Waals surface area contributed by atoms with Gasteiger partial charge in [0.25, 0.3) is 0 Å². The van der Waals surface area contributed by atoms with Crippen molar-refractivity contribution in [2.75, 3.05) is 36.0 Å². The van der Waals surface area contributed by atoms with E-state index in [1.807, 2.05) is 41.8 Å². The van der Waals surface area contributed by atoms with Crippen LogP contribution < -0.4 is 9.80 Å². The molecule has 0 radical (unpaired) electrons. The van der Waals surface area contributed by atoms with Crippen LogP contribution >= 0.6 is 11.3 Å². The van der Waals surface area contributed by atoms with E-state index in [4.69, 9.17) is 0 Å². The first-order chi connectivity index (χ1) is 11.0. The van der Waals surface area contributed by atoms with Crippen LogP contribution in [0.25, 0.3) is 0 Å². The fourth-order valence-electron chi connectivity index (χ4n) is 2.75. The summed E-state index contributed by atoms with van der Waals surface area (Å²) in [5, 5.41) is 1.14. The molecule has 2 aromatic rings. The van der Waals surface area contributed by atoms with Crippen molar-refractivity contribution in [1.29, 1.82) is 0 Å². The van der Waals surface area contributed by atoms with Crippen LogP contribution in [0, 0.1) is 0 Å². The van der Waals surface area contributed by atoms with Crippen molar-refractivity contribution in [3.63, 3.8) is 0 Å². The number of aromatic nitrogens is 1. The normalized spacial score (nSPS) is 15.3. The molecule has 5 heteroatoms. The summed E-state index contributed by atoms with van der Waals surface area (Å²) in [5.74, 6) is 0.661. The molecule has 23 heavy (non-hydrogen) atoms. The number of thiazole rings is 1. The van der Waals surface area contributed by atoms with E-state index in [-0.39, 0.29) is 5.78 Å². The fraction of sp³-hybridized carbons (Fsp3) is 0.444. The molecule has 0 atom stereocenters. The molecule has 0 spiro atoms. The smallest absolute Gasteiger partial charge is 0.185 e. The van der Waals surface area contributed by atoms with E-state index in [0.29, 0.717) is 5.92 Å². The Bertz CT molecular complexity index is 670. The lowest BCUT2D eigenvalue weighted by atomic mass is 10.1. The highest BCUT2D eigenvalue weighted by Gasteiger charge is 2.20. The summed E-state index contributed by atoms with van der Waals surface area (Å²) in [5.41, 5.74) is 1.97. The number of nitrogens with zero attached hydrogens (tertiary/aromatic N) is 3. The average Bonchev–Trinajstić information content (AvgIpc) is 3.05. The Balaban J connectivity index is 1.62. The van der Waals surface area contributed by atoms with Crippen molar-refractivity contribution in [2.24, 2.45) is 0 Å². The SMILES string of the molecule is CC(=O)c1ccc(N2CCN(c3ncc(C(C)C)s3)CC2)cc1. The number of hydrogen-bond acceptors (Lipinski definition) is 5. The van der Waals surface area contributed by atoms with Crippen LogP contribution in [0.1, 0.15) is 41.9 Å². The molecule has 0 bridgehead atoms. The van der Waals surface area contributed by atoms with Crippen LogP contribution in [0.3, 0.4) is 0 Å². The number of benzene rings is 1. The molecule has 1 fully saturated rings. The Morgan fingerprint density at radius 3 is 2.22 bits per heavy atom. The Labute approximate surface area is 141 Å². The van der Waals surface area contributed by atoms with Gasteiger partial charge in [0.05, 0.1) is 0 Å². The first kappa shape index (κ1) is 16.0. The summed E-state index contributed by atoms with van der Waals surface area (Å²) < 4.78 is 0. The van der Waals surface area contributed by atoms with E-state index in [2.05, 4.69) is 28.6 Å². The predicted molar refractivity (Wildman–Crippen MR) is 97.1 cm³/mol. The third-order valence-electron chi connectivity index (χ3n) is 4.27. The van der Waals surface area contributed by atoms with Gasteiger partial charge in [0, 0.05) is 48.5 Å². The maximum atomic E-state index is 11.4. The van der Waals surface area contributed by atoms with Gasteiger partial charge in [0.15, 0.2) is 10.9 Å². The van der Waals surface area contributed by atoms with Crippen molar-refractivity contribution >= 4 is 27.9 Å². The zero-order valence-corrected chi connectivity index (χ0v) is 14.8. The van der Waals surface area contributed by atoms with Crippen molar-refractivity contribution in [3.05, 3.63) is 40.9 Å². The predicted octanol–water partition coefficient (Wildman–Crippen LogP) is 3.80. The van der Waals surface area contributed by atoms with E-state index < -0.39 is 0 Å². The summed E-state index contributed by atoms with van der Waals surface area (Å²) in [7, 11) is 0. The van der Waals surface area contributed by atoms with Gasteiger partial charge in [-0.1, -0.05) is 13.8 Å². The second-order valence-corrected chi connectivity index (χ2v) is 7.32. The molecule has 1 saturated heterocycles. The number of anilines is 2. The molecule has 1 aliphatic heterocycles. The Kier molecular flexibility index (Phi) is 4.66. The van der Waals surface area contributed by atoms with E-state index in [0.717, 1.165) is 36.9 Å². The molecule has 0 aliphatic carbocycles. The van der Waals surface area contributed by atoms with E-state index in [9.17, 15) is 4.79 Å². The minimum absolute atomic E-state index is 0.117. The van der Waals surface area contributed by atoms with Crippen LogP contribution in [-0.2, 0) is 0 Å². The van der Waals surface area contributed by atoms with Crippen molar-refractivity contribution in [1.82, 2.24) is 4.98 Å². The molecule has 4 nitrogen and oxygen atoms in total. The first-order valence-corrected chi connectivity index (χ1v) is 8.93. The largest absolute Gasteiger partial charge is 0.368 e. The number of hydrogen-bond donors (Lipinski definition) is 0. The number of Topliss-reactive ketones (excluding diaryl/α,β-unsaturated/α-hetero) is 1. The lowest BCUT2D eigenvalue weighted by Gasteiger charge is -2.36. The maximum Gasteiger partial charge on any atom is 0.185 e. The van der Waals surface area contributed by atoms with E-state index in [1.165, 1.54) is 10.6 Å². The number of rotatable bonds is 4. The van der Waals surface area contributed by atoms with E-state index in [1.54, 1.807) is 6.92 Å². The summed E-state index contributed by atoms with van der Waals surface area (Å²) in [6.07, 6.45) is 2.01. The molecule has 3 rings (SSSR count). The van der Waals surface area contributed by atoms with Gasteiger partial charge in [-0.05, 0) is 37.1 Å². The quantitative estimate of drug-likeness (QED) is 0.800. The number of piperazine rings is 1. The minimum atomic E-state index is 0.117. The third-order valence-corrected chi connectivity index (χ3v) is 5.63. The Morgan fingerprint density at radius 1 is 1.09 bits per heavy atom. The maximum absolute atomic E-state index is 11.4. The summed E-state index contributed by atoms with van der Waals surface area (Å²) in [6, 6.07) is 7.93. The molecule has 122 valence electrons. The fourth-order valence-corrected chi connectivity index (χ4v) is 3.72. The minimum Gasteiger partial charge on any atom is -0.368 e. The van der Waals surface area contributed by atoms with Crippen LogP contribution in [0.15, 0.2) is 30.5 Å². The Morgan fingerprint density at radius 2 is 1.70 bits per heavy atom. The van der Waals surface area contributed by atoms with Crippen molar-refractivity contribution < 1.29 is 4.79 Å². The standard InChI is InChI=1S/C18H23N3OS/c1-13(2)17-12-19-18(23-17)21-10-8-20(9-11-21)16-6-4-15(5-7-16)14(3)22/h4-7,12-13H,8-11H2,1-3H3. The molecule has 1 aromatic heterocycles. The number of carbonyl (C=O) groups is 1. The molecule has 2 heterocycles. The summed E-state index contributed by atoms with van der Waals surface area (Å²) in [4.78, 5) is 22.0. The zero-order chi connectivity index (χ0) is 16.4. The van der Waals surface area contributed by atoms with Crippen LogP contribution in [-0.4, -0.2) is 36.9 Å². The average molecular weight is 329 g/mol. The van der Waals surface area contributed by atoms with Gasteiger partial charge < -0.3 is 9.80 Å². The second-order valence-electron chi connectivity index (χ2n) is 6.28. The van der Waals surface area contributed by atoms with E-state index >= 15 is 0 Å². The molecule has 1 aromatic carbocycles. The Hall–Kier alpha value is -1.88. The van der Waals surface area contributed by atoms with Crippen molar-refractivity contribution in [3.8, 4) is 0 Å². The monoisotopic (exact) mass is 329 g/mol. The lowest BCUT2D eigenvalue weighted by molar-refractivity contribution is 0.101. The van der Waals surface area contributed by atoms with Gasteiger partial charge in [-0.15, -0.1) is 11.3 Å². The molecule has 0 amide bonds. The van der Waals surface area contributed by atoms with Gasteiger partial charge in [-0.2, -0.15) is 0 Å². The molecule has 0 N–H and O–H groups in total. The second kappa shape index (κ2) is 6.71. The first-order valence-electron chi connectivity index (χ1n) is 8.11. The highest BCUT2D eigenvalue weighted by Crippen LogP contribution is 2.29. The molecule has 0 saturated carbocycles. The van der Waals surface area contributed by atoms with Gasteiger partial charge in [-0.3, -0.25) is 4.79 Å². The molecular formula is C18H23N3OS. The van der Waals surface area contributed by atoms with Crippen molar-refractivity contribution in [2.45, 2.75) is 26.7 Å². The number of carbonyl (C=O) groups excluding carboxylic acids is 1. The molecule has 1 aliphatic rings. The summed E-state index contributed by atoms with van der Waals surface area (Å²) >= 11 is 1.81. The van der Waals surface area contributed by atoms with Gasteiger partial charge in [0.2, 0.25) is 0 Å². The third kappa shape index (κ3) is 3.55. The highest BCUT2D eigenvalue weighted by molar-refractivity contribution is 7.15. The zero-order valence-electron chi connectivity index (χ0n) is 14.0. The van der Waals surface area contributed by atoms with Crippen LogP contribution in [0.2, 0.25) is 0 Å². The number of ketones is 1. The van der Waals surface area contributed by atoms with Crippen LogP contribution in [0.4, 0.5) is 10.8 Å². The van der Waals surface area contributed by atoms with Crippen LogP contribution in [0.5, 0.6) is 0 Å². The highest BCUT2D eigenvalue weighted by atomic mass is 32.1. The van der Waals surface area contributed by atoms with Gasteiger partial charge >= 0.3 is 0 Å².